The van der Waals surface area contributed by atoms with Gasteiger partial charge in [-0.2, -0.15) is 5.10 Å². The van der Waals surface area contributed by atoms with Gasteiger partial charge in [0.15, 0.2) is 23.5 Å². The second-order valence-electron chi connectivity index (χ2n) is 9.86. The average Bonchev–Trinajstić information content (AvgIpc) is 3.52. The first-order chi connectivity index (χ1) is 16.7. The number of aromatic nitrogens is 6. The van der Waals surface area contributed by atoms with Gasteiger partial charge in [-0.15, -0.1) is 0 Å². The highest BCUT2D eigenvalue weighted by Crippen LogP contribution is 2.32. The number of ether oxygens (including phenoxy) is 1. The van der Waals surface area contributed by atoms with Crippen LogP contribution >= 0.6 is 0 Å². The lowest BCUT2D eigenvalue weighted by atomic mass is 9.87. The van der Waals surface area contributed by atoms with Crippen molar-refractivity contribution >= 4 is 17.0 Å². The van der Waals surface area contributed by atoms with Crippen molar-refractivity contribution in [3.63, 3.8) is 0 Å². The molecule has 0 bridgehead atoms. The van der Waals surface area contributed by atoms with Gasteiger partial charge in [0.1, 0.15) is 23.8 Å². The zero-order valence-corrected chi connectivity index (χ0v) is 19.8. The molecular weight excluding hydrogens is 450 g/mol. The van der Waals surface area contributed by atoms with Gasteiger partial charge in [0.2, 0.25) is 0 Å². The van der Waals surface area contributed by atoms with Crippen molar-refractivity contribution in [3.8, 4) is 11.4 Å². The summed E-state index contributed by atoms with van der Waals surface area (Å²) in [6.45, 7) is 6.71. The zero-order valence-electron chi connectivity index (χ0n) is 19.8. The van der Waals surface area contributed by atoms with Gasteiger partial charge in [0, 0.05) is 6.20 Å². The molecule has 1 aromatic carbocycles. The minimum atomic E-state index is -1.27. The molecule has 3 aromatic heterocycles. The van der Waals surface area contributed by atoms with Crippen LogP contribution in [-0.4, -0.2) is 69.5 Å². The Bertz CT molecular complexity index is 1340. The molecule has 4 heterocycles. The van der Waals surface area contributed by atoms with Gasteiger partial charge in [-0.05, 0) is 16.5 Å². The molecule has 0 aliphatic carbocycles. The van der Waals surface area contributed by atoms with E-state index in [1.165, 1.54) is 16.5 Å². The van der Waals surface area contributed by atoms with E-state index in [1.807, 2.05) is 6.20 Å². The van der Waals surface area contributed by atoms with Crippen LogP contribution in [0.2, 0.25) is 0 Å². The number of anilines is 1. The molecule has 4 aromatic rings. The van der Waals surface area contributed by atoms with Crippen LogP contribution in [0.4, 0.5) is 5.82 Å². The Kier molecular flexibility index (Phi) is 5.80. The third-order valence-electron chi connectivity index (χ3n) is 6.30. The van der Waals surface area contributed by atoms with Gasteiger partial charge in [-0.25, -0.2) is 15.0 Å². The van der Waals surface area contributed by atoms with Gasteiger partial charge in [0.05, 0.1) is 31.2 Å². The molecular formula is C24H29N7O4. The standard InChI is InChI=1S/C24H29N7O4/c1-24(2,3)15-6-4-13(5-7-15)9-30-10-14(8-27-30)21-28-20(25)17-22(29-21)31(12-26-17)23-19(34)18(33)16(11-32)35-23/h4-8,10,12,16,18-19,23,32-34H,9,11H2,1-3H3,(H2,25,28,29)/t16-,18-,19-,23-/m1/s1. The smallest absolute Gasteiger partial charge is 0.168 e. The third kappa shape index (κ3) is 4.27. The Hall–Kier alpha value is -3.38. The number of aliphatic hydroxyl groups is 3. The maximum atomic E-state index is 10.4. The van der Waals surface area contributed by atoms with Crippen LogP contribution in [0.25, 0.3) is 22.6 Å². The molecule has 11 heteroatoms. The first-order valence-electron chi connectivity index (χ1n) is 11.4. The van der Waals surface area contributed by atoms with Crippen molar-refractivity contribution < 1.29 is 20.1 Å². The Morgan fingerprint density at radius 3 is 2.49 bits per heavy atom. The minimum Gasteiger partial charge on any atom is -0.394 e. The normalized spacial score (nSPS) is 22.8. The second-order valence-corrected chi connectivity index (χ2v) is 9.86. The maximum Gasteiger partial charge on any atom is 0.168 e. The molecule has 0 spiro atoms. The van der Waals surface area contributed by atoms with Crippen molar-refractivity contribution in [1.29, 1.82) is 0 Å². The van der Waals surface area contributed by atoms with Crippen molar-refractivity contribution in [1.82, 2.24) is 29.3 Å². The van der Waals surface area contributed by atoms with Gasteiger partial charge in [0.25, 0.3) is 0 Å². The summed E-state index contributed by atoms with van der Waals surface area (Å²) in [5, 5.41) is 34.4. The molecule has 1 saturated heterocycles. The molecule has 35 heavy (non-hydrogen) atoms. The van der Waals surface area contributed by atoms with Crippen molar-refractivity contribution in [2.75, 3.05) is 12.3 Å². The molecule has 1 aliphatic heterocycles. The van der Waals surface area contributed by atoms with E-state index in [-0.39, 0.29) is 11.2 Å². The summed E-state index contributed by atoms with van der Waals surface area (Å²) in [5.41, 5.74) is 9.99. The Labute approximate surface area is 201 Å². The fraction of sp³-hybridized carbons (Fsp3) is 0.417. The van der Waals surface area contributed by atoms with Crippen molar-refractivity contribution in [2.24, 2.45) is 0 Å². The molecule has 1 fully saturated rings. The lowest BCUT2D eigenvalue weighted by Crippen LogP contribution is -2.33. The van der Waals surface area contributed by atoms with Crippen LogP contribution < -0.4 is 5.73 Å². The van der Waals surface area contributed by atoms with E-state index in [1.54, 1.807) is 10.9 Å². The number of benzene rings is 1. The molecule has 4 atom stereocenters. The summed E-state index contributed by atoms with van der Waals surface area (Å²) in [7, 11) is 0. The van der Waals surface area contributed by atoms with Crippen LogP contribution in [0.3, 0.4) is 0 Å². The zero-order chi connectivity index (χ0) is 24.9. The van der Waals surface area contributed by atoms with E-state index in [4.69, 9.17) is 10.5 Å². The monoisotopic (exact) mass is 479 g/mol. The predicted octanol–water partition coefficient (Wildman–Crippen LogP) is 1.23. The Morgan fingerprint density at radius 2 is 1.83 bits per heavy atom. The fourth-order valence-electron chi connectivity index (χ4n) is 4.23. The number of fused-ring (bicyclic) bond motifs is 1. The van der Waals surface area contributed by atoms with Crippen LogP contribution in [0.15, 0.2) is 43.0 Å². The summed E-state index contributed by atoms with van der Waals surface area (Å²) in [4.78, 5) is 13.2. The summed E-state index contributed by atoms with van der Waals surface area (Å²) in [6.07, 6.45) is 0.524. The van der Waals surface area contributed by atoms with Crippen molar-refractivity contribution in [3.05, 3.63) is 54.1 Å². The molecule has 11 nitrogen and oxygen atoms in total. The minimum absolute atomic E-state index is 0.0938. The molecule has 0 radical (unpaired) electrons. The predicted molar refractivity (Wildman–Crippen MR) is 128 cm³/mol. The van der Waals surface area contributed by atoms with E-state index < -0.39 is 31.1 Å². The van der Waals surface area contributed by atoms with Crippen LogP contribution in [-0.2, 0) is 16.7 Å². The number of imidazole rings is 1. The van der Waals surface area contributed by atoms with E-state index in [2.05, 4.69) is 65.1 Å². The number of nitrogens with two attached hydrogens (primary N) is 1. The maximum absolute atomic E-state index is 10.4. The van der Waals surface area contributed by atoms with Crippen molar-refractivity contribution in [2.45, 2.75) is 57.3 Å². The topological polar surface area (TPSA) is 157 Å². The van der Waals surface area contributed by atoms with Crippen LogP contribution in [0.1, 0.15) is 38.1 Å². The first-order valence-corrected chi connectivity index (χ1v) is 11.4. The SMILES string of the molecule is CC(C)(C)c1ccc(Cn2cc(-c3nc(N)c4ncn([C@@H]5O[C@H](CO)[C@@H](O)[C@H]5O)c4n3)cn2)cc1. The highest BCUT2D eigenvalue weighted by molar-refractivity contribution is 5.83. The first kappa shape index (κ1) is 23.4. The van der Waals surface area contributed by atoms with E-state index in [0.717, 1.165) is 5.56 Å². The lowest BCUT2D eigenvalue weighted by Gasteiger charge is -2.19. The summed E-state index contributed by atoms with van der Waals surface area (Å²) < 4.78 is 8.92. The highest BCUT2D eigenvalue weighted by atomic mass is 16.6. The quantitative estimate of drug-likeness (QED) is 0.330. The van der Waals surface area contributed by atoms with Crippen LogP contribution in [0, 0.1) is 0 Å². The van der Waals surface area contributed by atoms with Crippen LogP contribution in [0.5, 0.6) is 0 Å². The van der Waals surface area contributed by atoms with E-state index in [0.29, 0.717) is 29.1 Å². The molecule has 184 valence electrons. The van der Waals surface area contributed by atoms with Gasteiger partial charge >= 0.3 is 0 Å². The number of hydrogen-bond acceptors (Lipinski definition) is 9. The van der Waals surface area contributed by atoms with E-state index in [9.17, 15) is 15.3 Å². The number of hydrogen-bond donors (Lipinski definition) is 4. The molecule has 1 aliphatic rings. The molecule has 0 amide bonds. The molecule has 0 unspecified atom stereocenters. The number of nitrogens with zero attached hydrogens (tertiary/aromatic N) is 6. The van der Waals surface area contributed by atoms with Gasteiger partial charge in [-0.3, -0.25) is 9.25 Å². The third-order valence-corrected chi connectivity index (χ3v) is 6.30. The molecule has 0 saturated carbocycles. The fourth-order valence-corrected chi connectivity index (χ4v) is 4.23. The largest absolute Gasteiger partial charge is 0.394 e. The number of rotatable bonds is 5. The molecule has 5 N–H and O–H groups in total. The van der Waals surface area contributed by atoms with Gasteiger partial charge in [-0.1, -0.05) is 45.0 Å². The summed E-state index contributed by atoms with van der Waals surface area (Å²) in [6, 6.07) is 8.47. The number of nitrogen functional groups attached to an aromatic ring is 1. The molecule has 5 rings (SSSR count). The van der Waals surface area contributed by atoms with Gasteiger partial charge < -0.3 is 25.8 Å². The summed E-state index contributed by atoms with van der Waals surface area (Å²) in [5.74, 6) is 0.513. The number of aliphatic hydroxyl groups excluding tert-OH is 3. The second kappa shape index (κ2) is 8.68. The van der Waals surface area contributed by atoms with E-state index >= 15 is 0 Å². The Balaban J connectivity index is 1.43. The highest BCUT2D eigenvalue weighted by Gasteiger charge is 2.44. The lowest BCUT2D eigenvalue weighted by molar-refractivity contribution is -0.0511. The average molecular weight is 480 g/mol. The Morgan fingerprint density at radius 1 is 1.09 bits per heavy atom. The summed E-state index contributed by atoms with van der Waals surface area (Å²) >= 11 is 0.